The minimum atomic E-state index is -0.566. The molecule has 1 unspecified atom stereocenters. The van der Waals surface area contributed by atoms with E-state index in [1.807, 2.05) is 42.3 Å². The molecule has 8 nitrogen and oxygen atoms in total. The maximum Gasteiger partial charge on any atom is 0.319 e. The first-order valence-electron chi connectivity index (χ1n) is 14.8. The first-order chi connectivity index (χ1) is 20.9. The molecule has 43 heavy (non-hydrogen) atoms. The van der Waals surface area contributed by atoms with E-state index < -0.39 is 5.82 Å². The lowest BCUT2D eigenvalue weighted by Gasteiger charge is -2.31. The third-order valence-corrected chi connectivity index (χ3v) is 9.80. The van der Waals surface area contributed by atoms with Gasteiger partial charge in [0, 0.05) is 48.3 Å². The third kappa shape index (κ3) is 4.73. The van der Waals surface area contributed by atoms with Crippen LogP contribution < -0.4 is 9.64 Å². The zero-order valence-electron chi connectivity index (χ0n) is 24.0. The standard InChI is InChI=1S/C33H32ClFN6O2/c1-3-26(42)40-17-12-22(19-40)39(2)31-24-18-36-29(23-10-4-8-21-9-5-11-25(34)27(21)23)28(35)30(24)37-32(38-31)43-20-33-13-6-15-41(33)16-7-14-33/h1,4-5,8-11,18,22H,6-7,12-17,19-20H2,2H3. The summed E-state index contributed by atoms with van der Waals surface area (Å²) in [7, 11) is 1.89. The van der Waals surface area contributed by atoms with Crippen LogP contribution in [0.5, 0.6) is 6.01 Å². The molecule has 3 saturated heterocycles. The van der Waals surface area contributed by atoms with Crippen LogP contribution >= 0.6 is 11.6 Å². The molecule has 0 spiro atoms. The van der Waals surface area contributed by atoms with Gasteiger partial charge in [0.2, 0.25) is 0 Å². The number of halogens is 2. The molecule has 3 aliphatic rings. The fourth-order valence-electron chi connectivity index (χ4n) is 7.20. The molecule has 0 bridgehead atoms. The summed E-state index contributed by atoms with van der Waals surface area (Å²) in [5, 5.41) is 2.60. The van der Waals surface area contributed by atoms with E-state index in [2.05, 4.69) is 20.8 Å². The molecule has 0 N–H and O–H groups in total. The van der Waals surface area contributed by atoms with Crippen LogP contribution in [-0.4, -0.2) is 82.1 Å². The minimum absolute atomic E-state index is 0.0203. The predicted octanol–water partition coefficient (Wildman–Crippen LogP) is 5.32. The van der Waals surface area contributed by atoms with E-state index in [9.17, 15) is 4.79 Å². The van der Waals surface area contributed by atoms with Crippen LogP contribution in [0.1, 0.15) is 32.1 Å². The highest BCUT2D eigenvalue weighted by molar-refractivity contribution is 6.36. The highest BCUT2D eigenvalue weighted by Gasteiger charge is 2.45. The van der Waals surface area contributed by atoms with Gasteiger partial charge in [0.15, 0.2) is 5.82 Å². The average molecular weight is 599 g/mol. The second-order valence-electron chi connectivity index (χ2n) is 11.8. The summed E-state index contributed by atoms with van der Waals surface area (Å²) in [6.45, 7) is 3.58. The third-order valence-electron chi connectivity index (χ3n) is 9.49. The molecule has 2 aromatic carbocycles. The molecule has 2 aromatic heterocycles. The Morgan fingerprint density at radius 1 is 1.19 bits per heavy atom. The number of likely N-dealkylation sites (tertiary alicyclic amines) is 1. The first kappa shape index (κ1) is 27.8. The van der Waals surface area contributed by atoms with Gasteiger partial charge in [-0.1, -0.05) is 41.9 Å². The Morgan fingerprint density at radius 2 is 1.95 bits per heavy atom. The van der Waals surface area contributed by atoms with Gasteiger partial charge < -0.3 is 14.5 Å². The Morgan fingerprint density at radius 3 is 2.72 bits per heavy atom. The van der Waals surface area contributed by atoms with Gasteiger partial charge in [-0.15, -0.1) is 6.42 Å². The summed E-state index contributed by atoms with van der Waals surface area (Å²) in [5.41, 5.74) is 0.854. The van der Waals surface area contributed by atoms with Crippen molar-refractivity contribution in [3.05, 3.63) is 53.4 Å². The van der Waals surface area contributed by atoms with E-state index in [1.54, 1.807) is 17.2 Å². The lowest BCUT2D eigenvalue weighted by atomic mass is 9.95. The van der Waals surface area contributed by atoms with Crippen molar-refractivity contribution < 1.29 is 13.9 Å². The van der Waals surface area contributed by atoms with Crippen molar-refractivity contribution in [2.75, 3.05) is 44.7 Å². The number of hydrogen-bond donors (Lipinski definition) is 0. The van der Waals surface area contributed by atoms with Gasteiger partial charge in [-0.3, -0.25) is 14.7 Å². The van der Waals surface area contributed by atoms with E-state index in [4.69, 9.17) is 27.7 Å². The number of carbonyl (C=O) groups excluding carboxylic acids is 1. The van der Waals surface area contributed by atoms with Gasteiger partial charge in [-0.25, -0.2) is 4.39 Å². The maximum absolute atomic E-state index is 16.6. The van der Waals surface area contributed by atoms with Crippen molar-refractivity contribution in [2.45, 2.75) is 43.7 Å². The zero-order valence-corrected chi connectivity index (χ0v) is 24.8. The van der Waals surface area contributed by atoms with E-state index in [1.165, 1.54) is 0 Å². The lowest BCUT2D eigenvalue weighted by Crippen LogP contribution is -2.43. The monoisotopic (exact) mass is 598 g/mol. The van der Waals surface area contributed by atoms with E-state index in [-0.39, 0.29) is 34.7 Å². The fraction of sp³-hybridized carbons (Fsp3) is 0.394. The normalized spacial score (nSPS) is 19.6. The van der Waals surface area contributed by atoms with Crippen molar-refractivity contribution in [2.24, 2.45) is 0 Å². The Balaban J connectivity index is 1.33. The maximum atomic E-state index is 16.6. The van der Waals surface area contributed by atoms with Crippen LogP contribution in [0.3, 0.4) is 0 Å². The second-order valence-corrected chi connectivity index (χ2v) is 12.2. The molecule has 7 rings (SSSR count). The Bertz CT molecular complexity index is 1780. The number of nitrogens with zero attached hydrogens (tertiary/aromatic N) is 6. The van der Waals surface area contributed by atoms with Crippen LogP contribution in [0.4, 0.5) is 10.2 Å². The number of fused-ring (bicyclic) bond motifs is 3. The highest BCUT2D eigenvalue weighted by Crippen LogP contribution is 2.40. The molecule has 220 valence electrons. The van der Waals surface area contributed by atoms with E-state index >= 15 is 4.39 Å². The quantitative estimate of drug-likeness (QED) is 0.278. The van der Waals surface area contributed by atoms with Crippen molar-refractivity contribution in [3.8, 4) is 29.6 Å². The predicted molar refractivity (Wildman–Crippen MR) is 166 cm³/mol. The molecule has 4 aromatic rings. The number of rotatable bonds is 6. The average Bonchev–Trinajstić information content (AvgIpc) is 3.76. The first-order valence-corrected chi connectivity index (χ1v) is 15.2. The second kappa shape index (κ2) is 10.9. The molecular formula is C33H32ClFN6O2. The highest BCUT2D eigenvalue weighted by atomic mass is 35.5. The molecule has 3 aliphatic heterocycles. The Labute approximate surface area is 254 Å². The van der Waals surface area contributed by atoms with Crippen LogP contribution in [0.15, 0.2) is 42.6 Å². The number of aromatic nitrogens is 3. The zero-order chi connectivity index (χ0) is 29.7. The largest absolute Gasteiger partial charge is 0.461 e. The van der Waals surface area contributed by atoms with Gasteiger partial charge in [0.05, 0.1) is 10.9 Å². The molecule has 0 radical (unpaired) electrons. The molecule has 0 aliphatic carbocycles. The van der Waals surface area contributed by atoms with Crippen LogP contribution in [-0.2, 0) is 4.79 Å². The molecular weight excluding hydrogens is 567 g/mol. The number of amides is 1. The van der Waals surface area contributed by atoms with Crippen molar-refractivity contribution >= 4 is 45.0 Å². The molecule has 1 amide bonds. The topological polar surface area (TPSA) is 74.7 Å². The summed E-state index contributed by atoms with van der Waals surface area (Å²) < 4.78 is 23.0. The van der Waals surface area contributed by atoms with Gasteiger partial charge in [-0.2, -0.15) is 9.97 Å². The summed E-state index contributed by atoms with van der Waals surface area (Å²) in [6, 6.07) is 11.3. The SMILES string of the molecule is C#CC(=O)N1CCC(N(C)c2nc(OCC34CCCN3CCC4)nc3c(F)c(-c4cccc5cccc(Cl)c45)ncc23)C1. The number of benzene rings is 2. The molecule has 1 atom stereocenters. The van der Waals surface area contributed by atoms with Crippen LogP contribution in [0.25, 0.3) is 32.9 Å². The molecule has 0 saturated carbocycles. The van der Waals surface area contributed by atoms with Crippen molar-refractivity contribution in [1.29, 1.82) is 0 Å². The number of hydrogen-bond acceptors (Lipinski definition) is 7. The van der Waals surface area contributed by atoms with Crippen LogP contribution in [0.2, 0.25) is 5.02 Å². The number of likely N-dealkylation sites (N-methyl/N-ethyl adjacent to an activating group) is 1. The number of anilines is 1. The Kier molecular flexibility index (Phi) is 7.07. The molecule has 3 fully saturated rings. The van der Waals surface area contributed by atoms with Gasteiger partial charge in [0.1, 0.15) is 23.6 Å². The van der Waals surface area contributed by atoms with Gasteiger partial charge >= 0.3 is 6.01 Å². The number of carbonyl (C=O) groups is 1. The number of pyridine rings is 1. The van der Waals surface area contributed by atoms with Crippen molar-refractivity contribution in [1.82, 2.24) is 24.8 Å². The van der Waals surface area contributed by atoms with E-state index in [0.717, 1.165) is 49.5 Å². The van der Waals surface area contributed by atoms with Gasteiger partial charge in [-0.05, 0) is 62.6 Å². The fourth-order valence-corrected chi connectivity index (χ4v) is 7.49. The summed E-state index contributed by atoms with van der Waals surface area (Å²) >= 11 is 6.59. The summed E-state index contributed by atoms with van der Waals surface area (Å²) in [6.07, 6.45) is 12.1. The molecule has 5 heterocycles. The minimum Gasteiger partial charge on any atom is -0.461 e. The van der Waals surface area contributed by atoms with Crippen LogP contribution in [0, 0.1) is 18.2 Å². The molecule has 10 heteroatoms. The number of terminal acetylenes is 1. The summed E-state index contributed by atoms with van der Waals surface area (Å²) in [5.74, 6) is 1.80. The smallest absolute Gasteiger partial charge is 0.319 e. The van der Waals surface area contributed by atoms with Gasteiger partial charge in [0.25, 0.3) is 5.91 Å². The number of ether oxygens (including phenoxy) is 1. The summed E-state index contributed by atoms with van der Waals surface area (Å²) in [4.78, 5) is 32.3. The van der Waals surface area contributed by atoms with E-state index in [0.29, 0.717) is 47.9 Å². The lowest BCUT2D eigenvalue weighted by molar-refractivity contribution is -0.124. The Hall–Kier alpha value is -4.00. The van der Waals surface area contributed by atoms with Crippen molar-refractivity contribution in [3.63, 3.8) is 0 Å².